The average Bonchev–Trinajstić information content (AvgIpc) is 2.47. The standard InChI is InChI=1S/C14H21N3O2/c1-15-10-11-6-3-4-9-17(11)13-12(14(18)19-2)7-5-8-16-13/h5,7-8,11,15H,3-4,6,9-10H2,1-2H3. The van der Waals surface area contributed by atoms with Crippen LogP contribution in [0, 0.1) is 0 Å². The molecule has 0 radical (unpaired) electrons. The van der Waals surface area contributed by atoms with Crippen LogP contribution in [0.1, 0.15) is 29.6 Å². The molecule has 1 unspecified atom stereocenters. The Kier molecular flexibility index (Phi) is 4.74. The highest BCUT2D eigenvalue weighted by Gasteiger charge is 2.26. The molecule has 1 fully saturated rings. The lowest BCUT2D eigenvalue weighted by atomic mass is 10.0. The minimum Gasteiger partial charge on any atom is -0.465 e. The molecule has 1 saturated heterocycles. The van der Waals surface area contributed by atoms with Gasteiger partial charge in [-0.1, -0.05) is 0 Å². The molecule has 1 aliphatic heterocycles. The second-order valence-electron chi connectivity index (χ2n) is 4.77. The number of nitrogens with zero attached hydrogens (tertiary/aromatic N) is 2. The van der Waals surface area contributed by atoms with Crippen LogP contribution in [-0.4, -0.2) is 44.2 Å². The topological polar surface area (TPSA) is 54.5 Å². The maximum absolute atomic E-state index is 11.8. The van der Waals surface area contributed by atoms with E-state index in [1.54, 1.807) is 18.3 Å². The first-order valence-corrected chi connectivity index (χ1v) is 6.72. The molecule has 0 aromatic carbocycles. The highest BCUT2D eigenvalue weighted by Crippen LogP contribution is 2.26. The van der Waals surface area contributed by atoms with Gasteiger partial charge in [-0.15, -0.1) is 0 Å². The van der Waals surface area contributed by atoms with Gasteiger partial charge in [-0.25, -0.2) is 9.78 Å². The first-order valence-electron chi connectivity index (χ1n) is 6.72. The molecule has 104 valence electrons. The number of esters is 1. The van der Waals surface area contributed by atoms with Crippen LogP contribution in [-0.2, 0) is 4.74 Å². The Morgan fingerprint density at radius 1 is 1.58 bits per heavy atom. The van der Waals surface area contributed by atoms with Crippen LogP contribution in [0.15, 0.2) is 18.3 Å². The molecule has 1 atom stereocenters. The van der Waals surface area contributed by atoms with Crippen molar-refractivity contribution in [3.05, 3.63) is 23.9 Å². The number of piperidine rings is 1. The number of aromatic nitrogens is 1. The fraction of sp³-hybridized carbons (Fsp3) is 0.571. The Hall–Kier alpha value is -1.62. The number of hydrogen-bond acceptors (Lipinski definition) is 5. The van der Waals surface area contributed by atoms with Gasteiger partial charge in [0.1, 0.15) is 11.4 Å². The van der Waals surface area contributed by atoms with Crippen molar-refractivity contribution >= 4 is 11.8 Å². The van der Waals surface area contributed by atoms with Gasteiger partial charge in [0, 0.05) is 25.3 Å². The number of hydrogen-bond donors (Lipinski definition) is 1. The van der Waals surface area contributed by atoms with Gasteiger partial charge in [-0.3, -0.25) is 0 Å². The van der Waals surface area contributed by atoms with Gasteiger partial charge in [0.25, 0.3) is 0 Å². The summed E-state index contributed by atoms with van der Waals surface area (Å²) in [7, 11) is 3.35. The third-order valence-corrected chi connectivity index (χ3v) is 3.53. The van der Waals surface area contributed by atoms with E-state index in [1.807, 2.05) is 7.05 Å². The largest absolute Gasteiger partial charge is 0.465 e. The quantitative estimate of drug-likeness (QED) is 0.833. The van der Waals surface area contributed by atoms with Crippen LogP contribution in [0.2, 0.25) is 0 Å². The summed E-state index contributed by atoms with van der Waals surface area (Å²) in [6.45, 7) is 1.84. The number of rotatable bonds is 4. The number of carbonyl (C=O) groups excluding carboxylic acids is 1. The number of anilines is 1. The van der Waals surface area contributed by atoms with Crippen molar-refractivity contribution in [3.63, 3.8) is 0 Å². The third-order valence-electron chi connectivity index (χ3n) is 3.53. The summed E-state index contributed by atoms with van der Waals surface area (Å²) >= 11 is 0. The van der Waals surface area contributed by atoms with E-state index in [9.17, 15) is 4.79 Å². The molecule has 0 amide bonds. The molecule has 2 rings (SSSR count). The Balaban J connectivity index is 2.30. The van der Waals surface area contributed by atoms with Crippen LogP contribution in [0.3, 0.4) is 0 Å². The Bertz CT molecular complexity index is 434. The second-order valence-corrected chi connectivity index (χ2v) is 4.77. The van der Waals surface area contributed by atoms with Crippen molar-refractivity contribution in [1.82, 2.24) is 10.3 Å². The minimum absolute atomic E-state index is 0.322. The van der Waals surface area contributed by atoms with Gasteiger partial charge < -0.3 is 15.0 Å². The van der Waals surface area contributed by atoms with Crippen molar-refractivity contribution in [2.24, 2.45) is 0 Å². The van der Waals surface area contributed by atoms with Gasteiger partial charge in [0.05, 0.1) is 7.11 Å². The summed E-state index contributed by atoms with van der Waals surface area (Å²) in [5.74, 6) is 0.422. The van der Waals surface area contributed by atoms with Crippen LogP contribution < -0.4 is 10.2 Å². The smallest absolute Gasteiger partial charge is 0.341 e. The van der Waals surface area contributed by atoms with Crippen molar-refractivity contribution in [2.75, 3.05) is 32.1 Å². The summed E-state index contributed by atoms with van der Waals surface area (Å²) in [5.41, 5.74) is 0.549. The molecule has 0 spiro atoms. The van der Waals surface area contributed by atoms with Crippen molar-refractivity contribution < 1.29 is 9.53 Å². The van der Waals surface area contributed by atoms with E-state index in [0.717, 1.165) is 31.7 Å². The van der Waals surface area contributed by atoms with Crippen LogP contribution in [0.5, 0.6) is 0 Å². The van der Waals surface area contributed by atoms with Gasteiger partial charge in [-0.05, 0) is 38.4 Å². The zero-order valence-corrected chi connectivity index (χ0v) is 11.6. The summed E-state index contributed by atoms with van der Waals surface area (Å²) in [5, 5.41) is 3.21. The van der Waals surface area contributed by atoms with E-state index < -0.39 is 0 Å². The van der Waals surface area contributed by atoms with Crippen molar-refractivity contribution in [3.8, 4) is 0 Å². The van der Waals surface area contributed by atoms with Gasteiger partial charge in [0.15, 0.2) is 0 Å². The molecule has 0 bridgehead atoms. The fourth-order valence-corrected chi connectivity index (χ4v) is 2.62. The SMILES string of the molecule is CNCC1CCCCN1c1ncccc1C(=O)OC. The number of methoxy groups -OCH3 is 1. The Morgan fingerprint density at radius 3 is 3.16 bits per heavy atom. The highest BCUT2D eigenvalue weighted by atomic mass is 16.5. The number of nitrogens with one attached hydrogen (secondary N) is 1. The molecule has 1 aromatic rings. The molecule has 1 aliphatic rings. The van der Waals surface area contributed by atoms with Crippen molar-refractivity contribution in [1.29, 1.82) is 0 Å². The molecule has 5 heteroatoms. The van der Waals surface area contributed by atoms with E-state index in [2.05, 4.69) is 15.2 Å². The third kappa shape index (κ3) is 3.04. The molecular formula is C14H21N3O2. The molecule has 19 heavy (non-hydrogen) atoms. The minimum atomic E-state index is -0.322. The van der Waals surface area contributed by atoms with E-state index in [4.69, 9.17) is 4.74 Å². The maximum atomic E-state index is 11.8. The van der Waals surface area contributed by atoms with Crippen molar-refractivity contribution in [2.45, 2.75) is 25.3 Å². The molecule has 1 aromatic heterocycles. The molecular weight excluding hydrogens is 242 g/mol. The van der Waals surface area contributed by atoms with E-state index in [1.165, 1.54) is 13.5 Å². The molecule has 0 aliphatic carbocycles. The fourth-order valence-electron chi connectivity index (χ4n) is 2.62. The van der Waals surface area contributed by atoms with Gasteiger partial charge in [0.2, 0.25) is 0 Å². The maximum Gasteiger partial charge on any atom is 0.341 e. The first-order chi connectivity index (χ1) is 9.27. The Labute approximate surface area is 114 Å². The van der Waals surface area contributed by atoms with Crippen LogP contribution in [0.4, 0.5) is 5.82 Å². The number of carbonyl (C=O) groups is 1. The van der Waals surface area contributed by atoms with E-state index >= 15 is 0 Å². The summed E-state index contributed by atoms with van der Waals surface area (Å²) < 4.78 is 4.84. The zero-order valence-electron chi connectivity index (χ0n) is 11.6. The lowest BCUT2D eigenvalue weighted by molar-refractivity contribution is 0.0601. The average molecular weight is 263 g/mol. The number of likely N-dealkylation sites (N-methyl/N-ethyl adjacent to an activating group) is 1. The normalized spacial score (nSPS) is 19.3. The van der Waals surface area contributed by atoms with E-state index in [0.29, 0.717) is 11.6 Å². The number of ether oxygens (including phenoxy) is 1. The number of pyridine rings is 1. The second kappa shape index (κ2) is 6.52. The first kappa shape index (κ1) is 13.8. The predicted octanol–water partition coefficient (Wildman–Crippen LogP) is 1.45. The molecule has 1 N–H and O–H groups in total. The lowest BCUT2D eigenvalue weighted by Gasteiger charge is -2.37. The van der Waals surface area contributed by atoms with Crippen LogP contribution in [0.25, 0.3) is 0 Å². The van der Waals surface area contributed by atoms with Gasteiger partial charge >= 0.3 is 5.97 Å². The molecule has 5 nitrogen and oxygen atoms in total. The lowest BCUT2D eigenvalue weighted by Crippen LogP contribution is -2.46. The molecule has 0 saturated carbocycles. The zero-order chi connectivity index (χ0) is 13.7. The molecule has 2 heterocycles. The van der Waals surface area contributed by atoms with E-state index in [-0.39, 0.29) is 5.97 Å². The predicted molar refractivity (Wildman–Crippen MR) is 74.5 cm³/mol. The van der Waals surface area contributed by atoms with Gasteiger partial charge in [-0.2, -0.15) is 0 Å². The Morgan fingerprint density at radius 2 is 2.42 bits per heavy atom. The summed E-state index contributed by atoms with van der Waals surface area (Å²) in [6.07, 6.45) is 5.21. The highest BCUT2D eigenvalue weighted by molar-refractivity contribution is 5.94. The summed E-state index contributed by atoms with van der Waals surface area (Å²) in [4.78, 5) is 18.5. The summed E-state index contributed by atoms with van der Waals surface area (Å²) in [6, 6.07) is 3.93. The monoisotopic (exact) mass is 263 g/mol. The van der Waals surface area contributed by atoms with Crippen LogP contribution >= 0.6 is 0 Å².